The molecule has 0 spiro atoms. The molecule has 1 saturated heterocycles. The van der Waals surface area contributed by atoms with Crippen molar-refractivity contribution in [3.05, 3.63) is 23.8 Å². The molecule has 144 valence electrons. The number of likely N-dealkylation sites (tertiary alicyclic amines) is 1. The smallest absolute Gasteiger partial charge is 0.240 e. The van der Waals surface area contributed by atoms with Crippen molar-refractivity contribution in [1.29, 1.82) is 0 Å². The summed E-state index contributed by atoms with van der Waals surface area (Å²) in [6, 6.07) is 5.08. The molecular formula is C19H29N3O3S. The number of fused-ring (bicyclic) bond motifs is 1. The second-order valence-corrected chi connectivity index (χ2v) is 8.86. The minimum absolute atomic E-state index is 0.0789. The van der Waals surface area contributed by atoms with Crippen molar-refractivity contribution in [3.8, 4) is 0 Å². The third-order valence-corrected chi connectivity index (χ3v) is 6.71. The number of nitrogens with zero attached hydrogens (tertiary/aromatic N) is 2. The Hall–Kier alpha value is -1.44. The predicted molar refractivity (Wildman–Crippen MR) is 103 cm³/mol. The number of sulfonamides is 1. The zero-order valence-electron chi connectivity index (χ0n) is 15.5. The molecule has 0 aliphatic carbocycles. The summed E-state index contributed by atoms with van der Waals surface area (Å²) in [5, 5.41) is 0. The highest BCUT2D eigenvalue weighted by molar-refractivity contribution is 7.89. The van der Waals surface area contributed by atoms with Crippen LogP contribution in [0.25, 0.3) is 0 Å². The maximum Gasteiger partial charge on any atom is 0.240 e. The van der Waals surface area contributed by atoms with Crippen molar-refractivity contribution in [2.75, 3.05) is 37.6 Å². The van der Waals surface area contributed by atoms with Gasteiger partial charge in [0, 0.05) is 25.2 Å². The Morgan fingerprint density at radius 3 is 2.65 bits per heavy atom. The first-order chi connectivity index (χ1) is 12.5. The first-order valence-electron chi connectivity index (χ1n) is 9.66. The lowest BCUT2D eigenvalue weighted by Gasteiger charge is -2.26. The summed E-state index contributed by atoms with van der Waals surface area (Å²) in [5.74, 6) is 0.0789. The lowest BCUT2D eigenvalue weighted by molar-refractivity contribution is -0.118. The van der Waals surface area contributed by atoms with Crippen molar-refractivity contribution < 1.29 is 13.2 Å². The van der Waals surface area contributed by atoms with Gasteiger partial charge in [-0.15, -0.1) is 0 Å². The maximum absolute atomic E-state index is 12.5. The normalized spacial score (nSPS) is 18.1. The van der Waals surface area contributed by atoms with Crippen LogP contribution in [-0.4, -0.2) is 51.9 Å². The number of hydrogen-bond donors (Lipinski definition) is 1. The van der Waals surface area contributed by atoms with E-state index in [2.05, 4.69) is 9.62 Å². The first kappa shape index (κ1) is 19.3. The molecule has 2 aliphatic heterocycles. The minimum atomic E-state index is -3.50. The van der Waals surface area contributed by atoms with Gasteiger partial charge in [-0.1, -0.05) is 13.3 Å². The van der Waals surface area contributed by atoms with E-state index in [1.807, 2.05) is 6.92 Å². The van der Waals surface area contributed by atoms with E-state index < -0.39 is 10.0 Å². The molecule has 0 radical (unpaired) electrons. The second-order valence-electron chi connectivity index (χ2n) is 7.09. The Kier molecular flexibility index (Phi) is 6.32. The van der Waals surface area contributed by atoms with Crippen LogP contribution in [0.1, 0.15) is 44.6 Å². The highest BCUT2D eigenvalue weighted by Gasteiger charge is 2.25. The van der Waals surface area contributed by atoms with Gasteiger partial charge in [0.15, 0.2) is 0 Å². The molecular weight excluding hydrogens is 350 g/mol. The number of piperidine rings is 1. The van der Waals surface area contributed by atoms with E-state index in [-0.39, 0.29) is 5.91 Å². The lowest BCUT2D eigenvalue weighted by atomic mass is 10.1. The molecule has 1 aromatic carbocycles. The van der Waals surface area contributed by atoms with E-state index in [0.717, 1.165) is 37.3 Å². The summed E-state index contributed by atoms with van der Waals surface area (Å²) >= 11 is 0. The van der Waals surface area contributed by atoms with Crippen LogP contribution >= 0.6 is 0 Å². The molecule has 1 N–H and O–H groups in total. The first-order valence-corrected chi connectivity index (χ1v) is 11.1. The van der Waals surface area contributed by atoms with Gasteiger partial charge in [0.1, 0.15) is 0 Å². The number of amides is 1. The number of carbonyl (C=O) groups is 1. The molecule has 1 fully saturated rings. The van der Waals surface area contributed by atoms with Crippen molar-refractivity contribution in [3.63, 3.8) is 0 Å². The van der Waals surface area contributed by atoms with Crippen molar-refractivity contribution in [2.45, 2.75) is 50.3 Å². The molecule has 0 aromatic heterocycles. The standard InChI is InChI=1S/C19H29N3O3S/c1-2-19(23)22-14-9-16-15-17(7-8-18(16)22)26(24,25)20-10-6-13-21-11-4-3-5-12-21/h7-8,15,20H,2-6,9-14H2,1H3. The molecule has 0 bridgehead atoms. The average Bonchev–Trinajstić information content (AvgIpc) is 3.09. The summed E-state index contributed by atoms with van der Waals surface area (Å²) in [5.41, 5.74) is 1.78. The van der Waals surface area contributed by atoms with Crippen molar-refractivity contribution in [2.24, 2.45) is 0 Å². The molecule has 0 atom stereocenters. The van der Waals surface area contributed by atoms with Crippen LogP contribution < -0.4 is 9.62 Å². The molecule has 1 aromatic rings. The van der Waals surface area contributed by atoms with Crippen LogP contribution in [0.15, 0.2) is 23.1 Å². The number of benzene rings is 1. The Morgan fingerprint density at radius 1 is 1.15 bits per heavy atom. The van der Waals surface area contributed by atoms with Gasteiger partial charge in [-0.25, -0.2) is 13.1 Å². The van der Waals surface area contributed by atoms with Crippen LogP contribution in [0.3, 0.4) is 0 Å². The Morgan fingerprint density at radius 2 is 1.92 bits per heavy atom. The van der Waals surface area contributed by atoms with E-state index in [1.54, 1.807) is 23.1 Å². The van der Waals surface area contributed by atoms with Crippen molar-refractivity contribution >= 4 is 21.6 Å². The number of carbonyl (C=O) groups excluding carboxylic acids is 1. The molecule has 0 unspecified atom stereocenters. The van der Waals surface area contributed by atoms with Crippen LogP contribution in [0, 0.1) is 0 Å². The van der Waals surface area contributed by atoms with E-state index in [1.165, 1.54) is 19.3 Å². The fourth-order valence-electron chi connectivity index (χ4n) is 3.77. The zero-order chi connectivity index (χ0) is 18.6. The predicted octanol–water partition coefficient (Wildman–Crippen LogP) is 2.14. The second kappa shape index (κ2) is 8.50. The highest BCUT2D eigenvalue weighted by Crippen LogP contribution is 2.30. The van der Waals surface area contributed by atoms with Gasteiger partial charge in [-0.3, -0.25) is 4.79 Å². The Bertz CT molecular complexity index is 742. The molecule has 7 heteroatoms. The largest absolute Gasteiger partial charge is 0.312 e. The van der Waals surface area contributed by atoms with Gasteiger partial charge < -0.3 is 9.80 Å². The summed E-state index contributed by atoms with van der Waals surface area (Å²) in [6.07, 6.45) is 5.79. The topological polar surface area (TPSA) is 69.7 Å². The quantitative estimate of drug-likeness (QED) is 0.737. The number of nitrogens with one attached hydrogen (secondary N) is 1. The van der Waals surface area contributed by atoms with E-state index >= 15 is 0 Å². The van der Waals surface area contributed by atoms with Crippen molar-refractivity contribution in [1.82, 2.24) is 9.62 Å². The van der Waals surface area contributed by atoms with Gasteiger partial charge in [-0.05, 0) is 69.1 Å². The van der Waals surface area contributed by atoms with Gasteiger partial charge in [0.2, 0.25) is 15.9 Å². The number of rotatable bonds is 7. The average molecular weight is 380 g/mol. The third kappa shape index (κ3) is 4.45. The van der Waals surface area contributed by atoms with Gasteiger partial charge >= 0.3 is 0 Å². The molecule has 0 saturated carbocycles. The summed E-state index contributed by atoms with van der Waals surface area (Å²) < 4.78 is 27.8. The van der Waals surface area contributed by atoms with E-state index in [4.69, 9.17) is 0 Å². The lowest BCUT2D eigenvalue weighted by Crippen LogP contribution is -2.33. The molecule has 6 nitrogen and oxygen atoms in total. The Labute approximate surface area is 156 Å². The van der Waals surface area contributed by atoms with Crippen LogP contribution in [0.2, 0.25) is 0 Å². The minimum Gasteiger partial charge on any atom is -0.312 e. The molecule has 2 heterocycles. The zero-order valence-corrected chi connectivity index (χ0v) is 16.4. The van der Waals surface area contributed by atoms with E-state index in [0.29, 0.717) is 30.8 Å². The molecule has 3 rings (SSSR count). The summed E-state index contributed by atoms with van der Waals surface area (Å²) in [6.45, 7) is 6.13. The van der Waals surface area contributed by atoms with Crippen LogP contribution in [0.4, 0.5) is 5.69 Å². The summed E-state index contributed by atoms with van der Waals surface area (Å²) in [7, 11) is -3.50. The maximum atomic E-state index is 12.5. The Balaban J connectivity index is 1.57. The van der Waals surface area contributed by atoms with Gasteiger partial charge in [-0.2, -0.15) is 0 Å². The van der Waals surface area contributed by atoms with E-state index in [9.17, 15) is 13.2 Å². The third-order valence-electron chi connectivity index (χ3n) is 5.25. The fraction of sp³-hybridized carbons (Fsp3) is 0.632. The molecule has 2 aliphatic rings. The highest BCUT2D eigenvalue weighted by atomic mass is 32.2. The summed E-state index contributed by atoms with van der Waals surface area (Å²) in [4.78, 5) is 16.4. The molecule has 26 heavy (non-hydrogen) atoms. The van der Waals surface area contributed by atoms with Crippen LogP contribution in [-0.2, 0) is 21.2 Å². The van der Waals surface area contributed by atoms with Gasteiger partial charge in [0.25, 0.3) is 0 Å². The van der Waals surface area contributed by atoms with Gasteiger partial charge in [0.05, 0.1) is 4.90 Å². The monoisotopic (exact) mass is 379 g/mol. The fourth-order valence-corrected chi connectivity index (χ4v) is 4.90. The van der Waals surface area contributed by atoms with Crippen LogP contribution in [0.5, 0.6) is 0 Å². The number of anilines is 1. The SMILES string of the molecule is CCC(=O)N1CCc2cc(S(=O)(=O)NCCCN3CCCCC3)ccc21. The number of hydrogen-bond acceptors (Lipinski definition) is 4. The molecule has 1 amide bonds.